The molecule has 0 aromatic rings. The second-order valence-corrected chi connectivity index (χ2v) is 4.86. The highest BCUT2D eigenvalue weighted by Gasteiger charge is 2.29. The molecular formula is C12H21N3O3. The van der Waals surface area contributed by atoms with Crippen LogP contribution < -0.4 is 5.32 Å². The summed E-state index contributed by atoms with van der Waals surface area (Å²) in [6.07, 6.45) is 1.45. The molecular weight excluding hydrogens is 234 g/mol. The molecule has 1 aliphatic heterocycles. The number of amides is 4. The molecule has 0 radical (unpaired) electrons. The number of carbonyl (C=O) groups is 3. The van der Waals surface area contributed by atoms with E-state index in [9.17, 15) is 14.4 Å². The van der Waals surface area contributed by atoms with Crippen LogP contribution in [-0.2, 0) is 9.59 Å². The predicted molar refractivity (Wildman–Crippen MR) is 66.9 cm³/mol. The number of rotatable bonds is 6. The Hall–Kier alpha value is -1.43. The second-order valence-electron chi connectivity index (χ2n) is 4.86. The Bertz CT molecular complexity index is 321. The van der Waals surface area contributed by atoms with Crippen molar-refractivity contribution in [3.8, 4) is 0 Å². The Balaban J connectivity index is 2.28. The molecule has 4 amide bonds. The molecule has 0 spiro atoms. The zero-order chi connectivity index (χ0) is 13.7. The third-order valence-electron chi connectivity index (χ3n) is 3.13. The van der Waals surface area contributed by atoms with Gasteiger partial charge in [0, 0.05) is 12.6 Å². The van der Waals surface area contributed by atoms with Gasteiger partial charge in [-0.25, -0.2) is 4.79 Å². The van der Waals surface area contributed by atoms with Gasteiger partial charge in [-0.05, 0) is 40.3 Å². The maximum atomic E-state index is 11.5. The molecule has 0 aliphatic carbocycles. The van der Waals surface area contributed by atoms with Crippen LogP contribution in [0.5, 0.6) is 0 Å². The van der Waals surface area contributed by atoms with Crippen LogP contribution in [0, 0.1) is 0 Å². The van der Waals surface area contributed by atoms with Gasteiger partial charge in [-0.3, -0.25) is 19.8 Å². The number of hydrogen-bond donors (Lipinski definition) is 1. The lowest BCUT2D eigenvalue weighted by molar-refractivity contribution is -0.136. The van der Waals surface area contributed by atoms with Gasteiger partial charge in [0.2, 0.25) is 11.8 Å². The van der Waals surface area contributed by atoms with Gasteiger partial charge in [0.25, 0.3) is 0 Å². The number of carbonyl (C=O) groups excluding carboxylic acids is 3. The average molecular weight is 255 g/mol. The first-order valence-corrected chi connectivity index (χ1v) is 6.26. The van der Waals surface area contributed by atoms with Gasteiger partial charge in [-0.2, -0.15) is 0 Å². The SMILES string of the molecule is CC(C)N(C)CCCCN1C(=O)CC(=O)NC1=O. The summed E-state index contributed by atoms with van der Waals surface area (Å²) in [4.78, 5) is 37.2. The molecule has 18 heavy (non-hydrogen) atoms. The van der Waals surface area contributed by atoms with E-state index >= 15 is 0 Å². The number of unbranched alkanes of at least 4 members (excludes halogenated alkanes) is 1. The fourth-order valence-corrected chi connectivity index (χ4v) is 1.69. The molecule has 1 N–H and O–H groups in total. The quantitative estimate of drug-likeness (QED) is 0.556. The fraction of sp³-hybridized carbons (Fsp3) is 0.750. The van der Waals surface area contributed by atoms with Crippen LogP contribution in [0.15, 0.2) is 0 Å². The Labute approximate surface area is 107 Å². The van der Waals surface area contributed by atoms with Crippen molar-refractivity contribution < 1.29 is 14.4 Å². The molecule has 6 heteroatoms. The largest absolute Gasteiger partial charge is 0.330 e. The Morgan fingerprint density at radius 1 is 1.28 bits per heavy atom. The fourth-order valence-electron chi connectivity index (χ4n) is 1.69. The number of barbiturate groups is 1. The van der Waals surface area contributed by atoms with E-state index in [-0.39, 0.29) is 6.42 Å². The molecule has 1 fully saturated rings. The highest BCUT2D eigenvalue weighted by atomic mass is 16.2. The van der Waals surface area contributed by atoms with Gasteiger partial charge in [-0.1, -0.05) is 0 Å². The summed E-state index contributed by atoms with van der Waals surface area (Å²) in [5.41, 5.74) is 0. The molecule has 0 unspecified atom stereocenters. The van der Waals surface area contributed by atoms with E-state index < -0.39 is 17.8 Å². The summed E-state index contributed by atoms with van der Waals surface area (Å²) in [5.74, 6) is -0.915. The standard InChI is InChI=1S/C12H21N3O3/c1-9(2)14(3)6-4-5-7-15-11(17)8-10(16)13-12(15)18/h9H,4-8H2,1-3H3,(H,13,16,18). The van der Waals surface area contributed by atoms with Crippen molar-refractivity contribution in [1.29, 1.82) is 0 Å². The molecule has 1 rings (SSSR count). The van der Waals surface area contributed by atoms with Crippen LogP contribution in [0.4, 0.5) is 4.79 Å². The van der Waals surface area contributed by atoms with Gasteiger partial charge in [0.1, 0.15) is 6.42 Å². The van der Waals surface area contributed by atoms with E-state index in [1.807, 2.05) is 7.05 Å². The van der Waals surface area contributed by atoms with E-state index in [0.29, 0.717) is 12.6 Å². The molecule has 102 valence electrons. The zero-order valence-electron chi connectivity index (χ0n) is 11.2. The molecule has 0 bridgehead atoms. The summed E-state index contributed by atoms with van der Waals surface area (Å²) in [7, 11) is 2.04. The van der Waals surface area contributed by atoms with Crippen LogP contribution in [0.25, 0.3) is 0 Å². The lowest BCUT2D eigenvalue weighted by atomic mass is 10.2. The molecule has 1 aliphatic rings. The molecule has 1 saturated heterocycles. The first-order chi connectivity index (χ1) is 8.41. The Morgan fingerprint density at radius 3 is 2.50 bits per heavy atom. The minimum atomic E-state index is -0.589. The van der Waals surface area contributed by atoms with Crippen molar-refractivity contribution in [2.45, 2.75) is 39.2 Å². The predicted octanol–water partition coefficient (Wildman–Crippen LogP) is 0.575. The van der Waals surface area contributed by atoms with E-state index in [4.69, 9.17) is 0 Å². The molecule has 1 heterocycles. The van der Waals surface area contributed by atoms with Gasteiger partial charge in [0.15, 0.2) is 0 Å². The van der Waals surface area contributed by atoms with E-state index in [2.05, 4.69) is 24.1 Å². The van der Waals surface area contributed by atoms with Crippen LogP contribution in [0.2, 0.25) is 0 Å². The topological polar surface area (TPSA) is 69.7 Å². The maximum absolute atomic E-state index is 11.5. The highest BCUT2D eigenvalue weighted by molar-refractivity contribution is 6.14. The lowest BCUT2D eigenvalue weighted by Gasteiger charge is -2.25. The Kier molecular flexibility index (Phi) is 5.27. The Morgan fingerprint density at radius 2 is 1.94 bits per heavy atom. The van der Waals surface area contributed by atoms with Gasteiger partial charge in [0.05, 0.1) is 0 Å². The molecule has 0 saturated carbocycles. The normalized spacial score (nSPS) is 16.7. The van der Waals surface area contributed by atoms with Gasteiger partial charge in [-0.15, -0.1) is 0 Å². The molecule has 0 aromatic carbocycles. The van der Waals surface area contributed by atoms with E-state index in [1.54, 1.807) is 0 Å². The van der Waals surface area contributed by atoms with Crippen LogP contribution >= 0.6 is 0 Å². The maximum Gasteiger partial charge on any atom is 0.330 e. The monoisotopic (exact) mass is 255 g/mol. The third kappa shape index (κ3) is 4.10. The number of imide groups is 2. The minimum Gasteiger partial charge on any atom is -0.304 e. The van der Waals surface area contributed by atoms with Gasteiger partial charge < -0.3 is 4.90 Å². The number of hydrogen-bond acceptors (Lipinski definition) is 4. The summed E-state index contributed by atoms with van der Waals surface area (Å²) in [6.45, 7) is 5.55. The second kappa shape index (κ2) is 6.49. The summed E-state index contributed by atoms with van der Waals surface area (Å²) in [6, 6.07) is -0.101. The van der Waals surface area contributed by atoms with Crippen molar-refractivity contribution in [3.05, 3.63) is 0 Å². The molecule has 6 nitrogen and oxygen atoms in total. The zero-order valence-corrected chi connectivity index (χ0v) is 11.2. The minimum absolute atomic E-state index is 0.225. The van der Waals surface area contributed by atoms with E-state index in [1.165, 1.54) is 0 Å². The van der Waals surface area contributed by atoms with Crippen molar-refractivity contribution in [2.24, 2.45) is 0 Å². The molecule has 0 aromatic heterocycles. The van der Waals surface area contributed by atoms with Crippen LogP contribution in [0.1, 0.15) is 33.1 Å². The smallest absolute Gasteiger partial charge is 0.304 e. The van der Waals surface area contributed by atoms with Crippen LogP contribution in [0.3, 0.4) is 0 Å². The first kappa shape index (κ1) is 14.6. The van der Waals surface area contributed by atoms with Crippen molar-refractivity contribution >= 4 is 17.8 Å². The van der Waals surface area contributed by atoms with Crippen molar-refractivity contribution in [3.63, 3.8) is 0 Å². The number of urea groups is 1. The summed E-state index contributed by atoms with van der Waals surface area (Å²) < 4.78 is 0. The van der Waals surface area contributed by atoms with Gasteiger partial charge >= 0.3 is 6.03 Å². The van der Waals surface area contributed by atoms with Crippen LogP contribution in [-0.4, -0.2) is 53.8 Å². The highest BCUT2D eigenvalue weighted by Crippen LogP contribution is 2.06. The van der Waals surface area contributed by atoms with Crippen molar-refractivity contribution in [2.75, 3.05) is 20.1 Å². The first-order valence-electron chi connectivity index (χ1n) is 6.26. The van der Waals surface area contributed by atoms with E-state index in [0.717, 1.165) is 24.3 Å². The average Bonchev–Trinajstić information content (AvgIpc) is 2.26. The van der Waals surface area contributed by atoms with Crippen molar-refractivity contribution in [1.82, 2.24) is 15.1 Å². The summed E-state index contributed by atoms with van der Waals surface area (Å²) >= 11 is 0. The summed E-state index contributed by atoms with van der Waals surface area (Å²) in [5, 5.41) is 2.14. The lowest BCUT2D eigenvalue weighted by Crippen LogP contribution is -2.52. The number of nitrogens with one attached hydrogen (secondary N) is 1. The third-order valence-corrected chi connectivity index (χ3v) is 3.13. The number of nitrogens with zero attached hydrogens (tertiary/aromatic N) is 2. The molecule has 0 atom stereocenters.